The molecule has 0 saturated carbocycles. The second-order valence-corrected chi connectivity index (χ2v) is 19.2. The van der Waals surface area contributed by atoms with Gasteiger partial charge < -0.3 is 29.5 Å². The number of piperidine rings is 2. The lowest BCUT2D eigenvalue weighted by Gasteiger charge is -2.43. The highest BCUT2D eigenvalue weighted by Crippen LogP contribution is 2.39. The fraction of sp³-hybridized carbons (Fsp3) is 0.652. The molecule has 0 spiro atoms. The zero-order chi connectivity index (χ0) is 53.2. The van der Waals surface area contributed by atoms with Gasteiger partial charge in [0.25, 0.3) is 0 Å². The first-order chi connectivity index (χ1) is 31.2. The highest BCUT2D eigenvalue weighted by Gasteiger charge is 2.41. The van der Waals surface area contributed by atoms with E-state index in [4.69, 9.17) is 9.47 Å². The molecular weight excluding hydrogens is 968 g/mol. The smallest absolute Gasteiger partial charge is 0.416 e. The molecule has 23 heteroatoms. The Morgan fingerprint density at radius 1 is 0.609 bits per heavy atom. The van der Waals surface area contributed by atoms with Crippen LogP contribution in [0, 0.1) is 0 Å². The third kappa shape index (κ3) is 20.4. The minimum absolute atomic E-state index is 0.0635. The van der Waals surface area contributed by atoms with Crippen molar-refractivity contribution in [2.24, 2.45) is 0 Å². The summed E-state index contributed by atoms with van der Waals surface area (Å²) in [6.45, 7) is 16.9. The molecule has 3 amide bonds. The van der Waals surface area contributed by atoms with Crippen LogP contribution in [0.25, 0.3) is 0 Å². The molecule has 2 saturated heterocycles. The lowest BCUT2D eigenvalue weighted by Crippen LogP contribution is -2.53. The largest absolute Gasteiger partial charge is 0.444 e. The standard InChI is InChI=1S/C23H30F6N2O3.C21H28F6N2O2.C2H3ClO/c1-6-18-12-19(7-8-30(18)20(33)34-21(3,4)5)31(14(2)32)13-15-9-16(22(24,25)26)11-17(10-15)23(27,28)29;1-5-17-11-16(6-7-29(17)18(30)31-19(2,3)4)28-12-13-8-14(20(22,23)24)10-15(9-13)21(25,26)27;1-2(3)4/h9-11,18-19H,6-8,12-13H2,1-5H3;8-10,16-17,28H,5-7,11-12H2,1-4H3;1H3. The van der Waals surface area contributed by atoms with Gasteiger partial charge in [0, 0.05) is 64.2 Å². The van der Waals surface area contributed by atoms with E-state index in [2.05, 4.69) is 16.9 Å². The quantitative estimate of drug-likeness (QED) is 0.207. The molecule has 0 aromatic heterocycles. The van der Waals surface area contributed by atoms with Crippen molar-refractivity contribution < 1.29 is 81.3 Å². The Balaban J connectivity index is 0.000000441. The third-order valence-corrected chi connectivity index (χ3v) is 10.7. The van der Waals surface area contributed by atoms with Crippen molar-refractivity contribution in [1.29, 1.82) is 0 Å². The van der Waals surface area contributed by atoms with E-state index in [1.807, 2.05) is 13.8 Å². The average molecular weight is 1030 g/mol. The van der Waals surface area contributed by atoms with Gasteiger partial charge in [-0.3, -0.25) is 9.59 Å². The minimum Gasteiger partial charge on any atom is -0.444 e. The molecule has 69 heavy (non-hydrogen) atoms. The fourth-order valence-electron chi connectivity index (χ4n) is 7.63. The SMILES string of the molecule is CC(=O)Cl.CCC1CC(N(Cc2cc(C(F)(F)F)cc(C(F)(F)F)c2)C(C)=O)CCN1C(=O)OC(C)(C)C.CCC1CC(NCc2cc(C(F)(F)F)cc(C(F)(F)F)c2)CCN1C(=O)OC(C)(C)C. The monoisotopic (exact) mass is 1030 g/mol. The zero-order valence-corrected chi connectivity index (χ0v) is 40.8. The summed E-state index contributed by atoms with van der Waals surface area (Å²) in [6.07, 6.45) is -17.7. The van der Waals surface area contributed by atoms with E-state index in [0.29, 0.717) is 57.2 Å². The summed E-state index contributed by atoms with van der Waals surface area (Å²) in [5, 5.41) is 2.69. The lowest BCUT2D eigenvalue weighted by molar-refractivity contribution is -0.144. The molecule has 2 aliphatic heterocycles. The summed E-state index contributed by atoms with van der Waals surface area (Å²) >= 11 is 4.64. The van der Waals surface area contributed by atoms with Gasteiger partial charge in [-0.1, -0.05) is 13.8 Å². The number of alkyl halides is 12. The van der Waals surface area contributed by atoms with E-state index in [9.17, 15) is 71.9 Å². The number of likely N-dealkylation sites (tertiary alicyclic amines) is 2. The third-order valence-electron chi connectivity index (χ3n) is 10.7. The number of hydrogen-bond acceptors (Lipinski definition) is 7. The van der Waals surface area contributed by atoms with Crippen LogP contribution in [0.4, 0.5) is 62.3 Å². The topological polar surface area (TPSA) is 108 Å². The second-order valence-electron chi connectivity index (χ2n) is 18.7. The number of nitrogens with one attached hydrogen (secondary N) is 1. The average Bonchev–Trinajstić information content (AvgIpc) is 3.18. The van der Waals surface area contributed by atoms with E-state index < -0.39 is 88.8 Å². The number of halogens is 13. The van der Waals surface area contributed by atoms with E-state index in [1.54, 1.807) is 51.3 Å². The number of ether oxygens (including phenoxy) is 2. The summed E-state index contributed by atoms with van der Waals surface area (Å²) in [5.41, 5.74) is -7.19. The van der Waals surface area contributed by atoms with Crippen LogP contribution in [0.5, 0.6) is 0 Å². The van der Waals surface area contributed by atoms with Gasteiger partial charge in [-0.2, -0.15) is 52.7 Å². The summed E-state index contributed by atoms with van der Waals surface area (Å²) in [7, 11) is 0. The number of nitrogens with zero attached hydrogens (tertiary/aromatic N) is 3. The molecule has 2 aromatic carbocycles. The van der Waals surface area contributed by atoms with Gasteiger partial charge in [0.2, 0.25) is 11.1 Å². The first-order valence-electron chi connectivity index (χ1n) is 22.0. The highest BCUT2D eigenvalue weighted by atomic mass is 35.5. The van der Waals surface area contributed by atoms with Gasteiger partial charge in [-0.25, -0.2) is 9.59 Å². The predicted octanol–water partition coefficient (Wildman–Crippen LogP) is 13.0. The van der Waals surface area contributed by atoms with Gasteiger partial charge >= 0.3 is 36.9 Å². The molecule has 10 nitrogen and oxygen atoms in total. The molecular formula is C46H61ClF12N4O6. The molecule has 0 radical (unpaired) electrons. The first-order valence-corrected chi connectivity index (χ1v) is 22.4. The molecule has 2 aromatic rings. The molecule has 2 fully saturated rings. The number of carbonyl (C=O) groups is 4. The van der Waals surface area contributed by atoms with Crippen LogP contribution >= 0.6 is 11.6 Å². The van der Waals surface area contributed by atoms with Crippen molar-refractivity contribution in [2.45, 2.75) is 181 Å². The van der Waals surface area contributed by atoms with E-state index in [0.717, 1.165) is 12.1 Å². The Morgan fingerprint density at radius 2 is 0.957 bits per heavy atom. The van der Waals surface area contributed by atoms with Gasteiger partial charge in [-0.05, 0) is 139 Å². The van der Waals surface area contributed by atoms with Crippen LogP contribution in [0.3, 0.4) is 0 Å². The van der Waals surface area contributed by atoms with Crippen LogP contribution in [0.1, 0.15) is 141 Å². The van der Waals surface area contributed by atoms with Crippen LogP contribution in [0.2, 0.25) is 0 Å². The molecule has 0 bridgehead atoms. The van der Waals surface area contributed by atoms with Crippen molar-refractivity contribution in [1.82, 2.24) is 20.0 Å². The second kappa shape index (κ2) is 24.1. The molecule has 4 unspecified atom stereocenters. The maximum absolute atomic E-state index is 13.2. The zero-order valence-electron chi connectivity index (χ0n) is 40.0. The molecule has 4 rings (SSSR count). The number of hydrogen-bond donors (Lipinski definition) is 1. The summed E-state index contributed by atoms with van der Waals surface area (Å²) in [5.74, 6) is -0.475. The van der Waals surface area contributed by atoms with Crippen molar-refractivity contribution in [3.63, 3.8) is 0 Å². The van der Waals surface area contributed by atoms with Crippen LogP contribution < -0.4 is 5.32 Å². The maximum Gasteiger partial charge on any atom is 0.416 e. The number of carbonyl (C=O) groups excluding carboxylic acids is 4. The van der Waals surface area contributed by atoms with Gasteiger partial charge in [0.05, 0.1) is 22.3 Å². The fourth-order valence-corrected chi connectivity index (χ4v) is 7.63. The minimum atomic E-state index is -4.97. The Bertz CT molecular complexity index is 1980. The number of rotatable bonds is 8. The number of benzene rings is 2. The van der Waals surface area contributed by atoms with Crippen molar-refractivity contribution in [3.8, 4) is 0 Å². The Morgan fingerprint density at radius 3 is 1.29 bits per heavy atom. The van der Waals surface area contributed by atoms with Crippen LogP contribution in [-0.4, -0.2) is 86.5 Å². The normalized spacial score (nSPS) is 19.3. The van der Waals surface area contributed by atoms with E-state index in [-0.39, 0.29) is 59.7 Å². The molecule has 2 heterocycles. The Kier molecular flexibility index (Phi) is 21.2. The molecule has 4 atom stereocenters. The Hall–Kier alpha value is -4.47. The van der Waals surface area contributed by atoms with Gasteiger partial charge in [-0.15, -0.1) is 0 Å². The van der Waals surface area contributed by atoms with Crippen LogP contribution in [0.15, 0.2) is 36.4 Å². The van der Waals surface area contributed by atoms with Crippen molar-refractivity contribution in [2.75, 3.05) is 13.1 Å². The van der Waals surface area contributed by atoms with E-state index >= 15 is 0 Å². The van der Waals surface area contributed by atoms with Gasteiger partial charge in [0.1, 0.15) is 11.2 Å². The van der Waals surface area contributed by atoms with E-state index in [1.165, 1.54) is 18.7 Å². The highest BCUT2D eigenvalue weighted by molar-refractivity contribution is 6.62. The predicted molar refractivity (Wildman–Crippen MR) is 233 cm³/mol. The molecule has 1 N–H and O–H groups in total. The van der Waals surface area contributed by atoms with Gasteiger partial charge in [0.15, 0.2) is 0 Å². The molecule has 0 aliphatic carbocycles. The molecule has 2 aliphatic rings. The van der Waals surface area contributed by atoms with Crippen molar-refractivity contribution in [3.05, 3.63) is 69.8 Å². The van der Waals surface area contributed by atoms with Crippen molar-refractivity contribution >= 4 is 34.9 Å². The first kappa shape index (κ1) is 60.7. The maximum atomic E-state index is 13.2. The molecule has 392 valence electrons. The summed E-state index contributed by atoms with van der Waals surface area (Å²) in [4.78, 5) is 51.0. The number of amides is 3. The lowest BCUT2D eigenvalue weighted by atomic mass is 9.93. The Labute approximate surface area is 399 Å². The summed E-state index contributed by atoms with van der Waals surface area (Å²) in [6, 6.07) is 1.90. The summed E-state index contributed by atoms with van der Waals surface area (Å²) < 4.78 is 168. The van der Waals surface area contributed by atoms with Crippen LogP contribution in [-0.2, 0) is 56.9 Å².